The van der Waals surface area contributed by atoms with Crippen molar-refractivity contribution < 1.29 is 9.32 Å². The van der Waals surface area contributed by atoms with Crippen LogP contribution >= 0.6 is 0 Å². The molecule has 0 spiro atoms. The number of allylic oxidation sites excluding steroid dienone is 1. The summed E-state index contributed by atoms with van der Waals surface area (Å²) in [5.74, 6) is 0. The standard InChI is InChI=1S/C22H22N6O2/c1-26-21-16(12-24-26)3-2-4-18(21)19(11-23)15-5-8-27(9-6-15)22(29)28-10-7-20-17(13-28)14-30-25-20/h2-4,12,14H,5-10,13H2,1H3. The highest BCUT2D eigenvalue weighted by atomic mass is 16.5. The Hall–Kier alpha value is -3.60. The molecule has 1 saturated heterocycles. The molecule has 0 saturated carbocycles. The Bertz CT molecular complexity index is 1190. The Morgan fingerprint density at radius 2 is 1.97 bits per heavy atom. The molecule has 2 amide bonds. The number of rotatable bonds is 1. The van der Waals surface area contributed by atoms with Gasteiger partial charge in [0.15, 0.2) is 0 Å². The second-order valence-corrected chi connectivity index (χ2v) is 7.83. The van der Waals surface area contributed by atoms with Gasteiger partial charge in [-0.1, -0.05) is 23.4 Å². The minimum atomic E-state index is 0.0492. The first-order valence-corrected chi connectivity index (χ1v) is 10.1. The van der Waals surface area contributed by atoms with E-state index in [0.717, 1.165) is 39.7 Å². The topological polar surface area (TPSA) is 91.2 Å². The highest BCUT2D eigenvalue weighted by molar-refractivity contribution is 5.95. The molecular formula is C22H22N6O2. The molecule has 0 aliphatic carbocycles. The zero-order valence-electron chi connectivity index (χ0n) is 16.8. The summed E-state index contributed by atoms with van der Waals surface area (Å²) in [7, 11) is 1.90. The maximum absolute atomic E-state index is 13.0. The number of nitriles is 1. The van der Waals surface area contributed by atoms with Crippen LogP contribution in [0.5, 0.6) is 0 Å². The normalized spacial score (nSPS) is 16.5. The quantitative estimate of drug-likeness (QED) is 0.583. The van der Waals surface area contributed by atoms with Gasteiger partial charge in [0.05, 0.1) is 35.6 Å². The highest BCUT2D eigenvalue weighted by Crippen LogP contribution is 2.31. The summed E-state index contributed by atoms with van der Waals surface area (Å²) in [6, 6.07) is 8.42. The van der Waals surface area contributed by atoms with E-state index in [9.17, 15) is 10.1 Å². The van der Waals surface area contributed by atoms with Crippen molar-refractivity contribution in [3.63, 3.8) is 0 Å². The molecule has 2 aliphatic rings. The van der Waals surface area contributed by atoms with Crippen LogP contribution in [-0.4, -0.2) is 50.4 Å². The van der Waals surface area contributed by atoms with Crippen LogP contribution in [-0.2, 0) is 20.0 Å². The molecule has 0 bridgehead atoms. The number of urea groups is 1. The molecule has 152 valence electrons. The lowest BCUT2D eigenvalue weighted by Gasteiger charge is -2.35. The van der Waals surface area contributed by atoms with Crippen LogP contribution in [0.4, 0.5) is 4.79 Å². The van der Waals surface area contributed by atoms with Crippen molar-refractivity contribution >= 4 is 22.5 Å². The summed E-state index contributed by atoms with van der Waals surface area (Å²) in [6.45, 7) is 2.44. The number of amides is 2. The third-order valence-corrected chi connectivity index (χ3v) is 6.11. The van der Waals surface area contributed by atoms with E-state index in [2.05, 4.69) is 16.3 Å². The molecule has 0 unspecified atom stereocenters. The molecular weight excluding hydrogens is 380 g/mol. The molecule has 8 nitrogen and oxygen atoms in total. The van der Waals surface area contributed by atoms with Gasteiger partial charge < -0.3 is 14.3 Å². The third kappa shape index (κ3) is 3.03. The number of carbonyl (C=O) groups is 1. The Morgan fingerprint density at radius 1 is 1.17 bits per heavy atom. The van der Waals surface area contributed by atoms with Gasteiger partial charge in [-0.2, -0.15) is 10.4 Å². The summed E-state index contributed by atoms with van der Waals surface area (Å²) in [4.78, 5) is 16.7. The number of hydrogen-bond donors (Lipinski definition) is 0. The molecule has 0 radical (unpaired) electrons. The number of benzene rings is 1. The maximum Gasteiger partial charge on any atom is 0.320 e. The summed E-state index contributed by atoms with van der Waals surface area (Å²) < 4.78 is 6.84. The first kappa shape index (κ1) is 18.4. The largest absolute Gasteiger partial charge is 0.364 e. The summed E-state index contributed by atoms with van der Waals surface area (Å²) in [6.07, 6.45) is 5.58. The van der Waals surface area contributed by atoms with Gasteiger partial charge in [0.25, 0.3) is 0 Å². The molecule has 8 heteroatoms. The van der Waals surface area contributed by atoms with Gasteiger partial charge in [-0.3, -0.25) is 4.68 Å². The fourth-order valence-electron chi connectivity index (χ4n) is 4.49. The van der Waals surface area contributed by atoms with Gasteiger partial charge in [-0.25, -0.2) is 4.79 Å². The van der Waals surface area contributed by atoms with Crippen molar-refractivity contribution in [1.29, 1.82) is 5.26 Å². The van der Waals surface area contributed by atoms with E-state index in [1.54, 1.807) is 6.26 Å². The zero-order chi connectivity index (χ0) is 20.7. The Kier molecular flexibility index (Phi) is 4.51. The van der Waals surface area contributed by atoms with Crippen molar-refractivity contribution in [1.82, 2.24) is 24.7 Å². The number of piperidine rings is 1. The summed E-state index contributed by atoms with van der Waals surface area (Å²) in [5.41, 5.74) is 5.64. The molecule has 5 rings (SSSR count). The number of fused-ring (bicyclic) bond motifs is 2. The number of hydrogen-bond acceptors (Lipinski definition) is 5. The molecule has 0 atom stereocenters. The highest BCUT2D eigenvalue weighted by Gasteiger charge is 2.29. The van der Waals surface area contributed by atoms with Crippen LogP contribution in [0.25, 0.3) is 16.5 Å². The number of aryl methyl sites for hydroxylation is 1. The van der Waals surface area contributed by atoms with Crippen LogP contribution in [0.3, 0.4) is 0 Å². The number of nitrogens with zero attached hydrogens (tertiary/aromatic N) is 6. The van der Waals surface area contributed by atoms with Crippen molar-refractivity contribution in [2.24, 2.45) is 7.05 Å². The zero-order valence-corrected chi connectivity index (χ0v) is 16.8. The monoisotopic (exact) mass is 402 g/mol. The van der Waals surface area contributed by atoms with Gasteiger partial charge in [0.2, 0.25) is 0 Å². The van der Waals surface area contributed by atoms with Gasteiger partial charge in [-0.05, 0) is 18.4 Å². The number of likely N-dealkylation sites (tertiary alicyclic amines) is 1. The average molecular weight is 402 g/mol. The first-order valence-electron chi connectivity index (χ1n) is 10.1. The van der Waals surface area contributed by atoms with Gasteiger partial charge in [0.1, 0.15) is 6.26 Å². The van der Waals surface area contributed by atoms with Crippen molar-refractivity contribution in [3.05, 3.63) is 53.1 Å². The number of aromatic nitrogens is 3. The van der Waals surface area contributed by atoms with E-state index in [-0.39, 0.29) is 6.03 Å². The lowest BCUT2D eigenvalue weighted by atomic mass is 9.93. The van der Waals surface area contributed by atoms with E-state index < -0.39 is 0 Å². The molecule has 30 heavy (non-hydrogen) atoms. The van der Waals surface area contributed by atoms with E-state index in [4.69, 9.17) is 4.52 Å². The van der Waals surface area contributed by atoms with Crippen LogP contribution < -0.4 is 0 Å². The SMILES string of the molecule is Cn1ncc2cccc(C(C#N)=C3CCN(C(=O)N4CCc5nocc5C4)CC3)c21. The Morgan fingerprint density at radius 3 is 2.77 bits per heavy atom. The fourth-order valence-corrected chi connectivity index (χ4v) is 4.49. The molecule has 2 aromatic heterocycles. The Labute approximate surface area is 173 Å². The molecule has 0 N–H and O–H groups in total. The minimum absolute atomic E-state index is 0.0492. The second-order valence-electron chi connectivity index (χ2n) is 7.83. The molecule has 3 aromatic rings. The van der Waals surface area contributed by atoms with Crippen molar-refractivity contribution in [3.8, 4) is 6.07 Å². The molecule has 2 aliphatic heterocycles. The Balaban J connectivity index is 1.34. The van der Waals surface area contributed by atoms with Crippen molar-refractivity contribution in [2.75, 3.05) is 19.6 Å². The smallest absolute Gasteiger partial charge is 0.320 e. The van der Waals surface area contributed by atoms with Crippen LogP contribution in [0, 0.1) is 11.3 Å². The number of para-hydroxylation sites is 1. The minimum Gasteiger partial charge on any atom is -0.364 e. The van der Waals surface area contributed by atoms with E-state index in [1.807, 2.05) is 45.9 Å². The number of carbonyl (C=O) groups excluding carboxylic acids is 1. The average Bonchev–Trinajstić information content (AvgIpc) is 3.41. The molecule has 1 aromatic carbocycles. The second kappa shape index (κ2) is 7.34. The molecule has 4 heterocycles. The summed E-state index contributed by atoms with van der Waals surface area (Å²) in [5, 5.41) is 19.3. The molecule has 1 fully saturated rings. The first-order chi connectivity index (χ1) is 14.7. The van der Waals surface area contributed by atoms with E-state index >= 15 is 0 Å². The predicted octanol–water partition coefficient (Wildman–Crippen LogP) is 3.11. The van der Waals surface area contributed by atoms with Crippen LogP contribution in [0.1, 0.15) is 29.7 Å². The van der Waals surface area contributed by atoms with Gasteiger partial charge in [0, 0.05) is 49.6 Å². The lowest BCUT2D eigenvalue weighted by Crippen LogP contribution is -2.47. The lowest BCUT2D eigenvalue weighted by molar-refractivity contribution is 0.144. The fraction of sp³-hybridized carbons (Fsp3) is 0.364. The third-order valence-electron chi connectivity index (χ3n) is 6.11. The van der Waals surface area contributed by atoms with Crippen molar-refractivity contribution in [2.45, 2.75) is 25.8 Å². The predicted molar refractivity (Wildman–Crippen MR) is 110 cm³/mol. The van der Waals surface area contributed by atoms with Crippen LogP contribution in [0.15, 0.2) is 40.8 Å². The van der Waals surface area contributed by atoms with Gasteiger partial charge in [-0.15, -0.1) is 0 Å². The van der Waals surface area contributed by atoms with E-state index in [1.165, 1.54) is 0 Å². The van der Waals surface area contributed by atoms with Gasteiger partial charge >= 0.3 is 6.03 Å². The maximum atomic E-state index is 13.0. The van der Waals surface area contributed by atoms with Crippen LogP contribution in [0.2, 0.25) is 0 Å². The summed E-state index contributed by atoms with van der Waals surface area (Å²) >= 11 is 0. The van der Waals surface area contributed by atoms with E-state index in [0.29, 0.717) is 44.6 Å².